The van der Waals surface area contributed by atoms with Crippen molar-refractivity contribution in [3.8, 4) is 11.5 Å². The first kappa shape index (κ1) is 17.0. The van der Waals surface area contributed by atoms with E-state index >= 15 is 0 Å². The van der Waals surface area contributed by atoms with E-state index in [4.69, 9.17) is 15.2 Å². The minimum atomic E-state index is -4.90. The van der Waals surface area contributed by atoms with Gasteiger partial charge >= 0.3 is 12.3 Å². The number of carbonyl (C=O) groups excluding carboxylic acids is 1. The third-order valence-electron chi connectivity index (χ3n) is 2.43. The number of ether oxygens (including phenoxy) is 3. The van der Waals surface area contributed by atoms with Crippen molar-refractivity contribution in [2.75, 3.05) is 13.7 Å². The third kappa shape index (κ3) is 4.78. The Labute approximate surface area is 119 Å². The molecule has 1 aromatic heterocycles. The molecule has 9 heteroatoms. The van der Waals surface area contributed by atoms with E-state index < -0.39 is 18.1 Å². The highest BCUT2D eigenvalue weighted by Gasteiger charge is 2.34. The summed E-state index contributed by atoms with van der Waals surface area (Å²) in [5.74, 6) is -1.51. The van der Waals surface area contributed by atoms with E-state index in [0.717, 1.165) is 13.3 Å². The van der Waals surface area contributed by atoms with Gasteiger partial charge in [-0.15, -0.1) is 13.2 Å². The van der Waals surface area contributed by atoms with Crippen molar-refractivity contribution in [2.24, 2.45) is 5.73 Å². The Morgan fingerprint density at radius 1 is 1.43 bits per heavy atom. The second-order valence-corrected chi connectivity index (χ2v) is 3.81. The van der Waals surface area contributed by atoms with Crippen LogP contribution in [0, 0.1) is 0 Å². The largest absolute Gasteiger partial charge is 0.573 e. The molecule has 0 bridgehead atoms. The number of halogens is 3. The average Bonchev–Trinajstić information content (AvgIpc) is 2.37. The van der Waals surface area contributed by atoms with Crippen LogP contribution in [0.5, 0.6) is 11.5 Å². The number of pyridine rings is 1. The molecule has 0 saturated carbocycles. The van der Waals surface area contributed by atoms with Gasteiger partial charge in [0.05, 0.1) is 32.0 Å². The summed E-state index contributed by atoms with van der Waals surface area (Å²) in [6, 6.07) is 0. The highest BCUT2D eigenvalue weighted by Crippen LogP contribution is 2.36. The summed E-state index contributed by atoms with van der Waals surface area (Å²) in [6.45, 7) is 1.68. The molecule has 2 N–H and O–H groups in total. The van der Waals surface area contributed by atoms with Gasteiger partial charge in [-0.05, 0) is 6.92 Å². The van der Waals surface area contributed by atoms with Crippen LogP contribution >= 0.6 is 0 Å². The van der Waals surface area contributed by atoms with Gasteiger partial charge in [-0.3, -0.25) is 9.78 Å². The number of hydrogen-bond donors (Lipinski definition) is 1. The van der Waals surface area contributed by atoms with Crippen LogP contribution in [0.3, 0.4) is 0 Å². The molecule has 0 aliphatic carbocycles. The fourth-order valence-corrected chi connectivity index (χ4v) is 1.69. The van der Waals surface area contributed by atoms with E-state index in [9.17, 15) is 18.0 Å². The summed E-state index contributed by atoms with van der Waals surface area (Å²) >= 11 is 0. The number of alkyl halides is 3. The first-order valence-corrected chi connectivity index (χ1v) is 5.98. The molecule has 21 heavy (non-hydrogen) atoms. The molecule has 1 rings (SSSR count). The molecule has 0 amide bonds. The molecular formula is C12H15F3N2O4. The van der Waals surface area contributed by atoms with Crippen LogP contribution in [0.15, 0.2) is 6.20 Å². The molecule has 0 aliphatic rings. The Morgan fingerprint density at radius 3 is 2.57 bits per heavy atom. The van der Waals surface area contributed by atoms with Crippen LogP contribution in [0.25, 0.3) is 0 Å². The minimum absolute atomic E-state index is 0.0720. The van der Waals surface area contributed by atoms with Crippen LogP contribution in [-0.2, 0) is 22.5 Å². The smallest absolute Gasteiger partial charge is 0.492 e. The number of hydrogen-bond acceptors (Lipinski definition) is 6. The van der Waals surface area contributed by atoms with Crippen molar-refractivity contribution < 1.29 is 32.2 Å². The quantitative estimate of drug-likeness (QED) is 0.803. The third-order valence-corrected chi connectivity index (χ3v) is 2.43. The van der Waals surface area contributed by atoms with Crippen LogP contribution in [-0.4, -0.2) is 31.0 Å². The van der Waals surface area contributed by atoms with Gasteiger partial charge in [0.1, 0.15) is 0 Å². The van der Waals surface area contributed by atoms with Gasteiger partial charge in [0.2, 0.25) is 0 Å². The van der Waals surface area contributed by atoms with E-state index in [-0.39, 0.29) is 36.6 Å². The lowest BCUT2D eigenvalue weighted by atomic mass is 10.1. The number of nitrogens with two attached hydrogens (primary N) is 1. The number of aromatic nitrogens is 1. The number of carbonyl (C=O) groups is 1. The lowest BCUT2D eigenvalue weighted by Crippen LogP contribution is -2.20. The maximum atomic E-state index is 12.3. The standard InChI is InChI=1S/C12H15F3N2O4/c1-3-20-10(18)4-7-8(5-16)17-6-9(11(7)19-2)21-12(13,14)15/h6H,3-5,16H2,1-2H3. The normalized spacial score (nSPS) is 11.1. The SMILES string of the molecule is CCOC(=O)Cc1c(CN)ncc(OC(F)(F)F)c1OC. The first-order chi connectivity index (χ1) is 9.82. The predicted molar refractivity (Wildman–Crippen MR) is 65.7 cm³/mol. The Morgan fingerprint density at radius 2 is 2.10 bits per heavy atom. The molecule has 0 unspecified atom stereocenters. The van der Waals surface area contributed by atoms with Crippen molar-refractivity contribution in [2.45, 2.75) is 26.3 Å². The lowest BCUT2D eigenvalue weighted by molar-refractivity contribution is -0.275. The molecule has 0 atom stereocenters. The van der Waals surface area contributed by atoms with Crippen molar-refractivity contribution in [3.63, 3.8) is 0 Å². The molecule has 0 aromatic carbocycles. The fourth-order valence-electron chi connectivity index (χ4n) is 1.69. The Balaban J connectivity index is 3.23. The summed E-state index contributed by atoms with van der Waals surface area (Å²) in [5.41, 5.74) is 5.81. The zero-order valence-electron chi connectivity index (χ0n) is 11.5. The molecule has 6 nitrogen and oxygen atoms in total. The Kier molecular flexibility index (Phi) is 5.77. The highest BCUT2D eigenvalue weighted by atomic mass is 19.4. The summed E-state index contributed by atoms with van der Waals surface area (Å²) in [7, 11) is 1.16. The topological polar surface area (TPSA) is 83.7 Å². The van der Waals surface area contributed by atoms with Crippen LogP contribution in [0.2, 0.25) is 0 Å². The second kappa shape index (κ2) is 7.11. The molecule has 0 aliphatic heterocycles. The average molecular weight is 308 g/mol. The van der Waals surface area contributed by atoms with E-state index in [0.29, 0.717) is 0 Å². The van der Waals surface area contributed by atoms with Crippen molar-refractivity contribution in [1.29, 1.82) is 0 Å². The van der Waals surface area contributed by atoms with E-state index in [1.54, 1.807) is 6.92 Å². The van der Waals surface area contributed by atoms with Gasteiger partial charge < -0.3 is 19.9 Å². The zero-order valence-corrected chi connectivity index (χ0v) is 11.5. The Bertz CT molecular complexity index is 506. The highest BCUT2D eigenvalue weighted by molar-refractivity contribution is 5.74. The predicted octanol–water partition coefficient (Wildman–Crippen LogP) is 1.55. The summed E-state index contributed by atoms with van der Waals surface area (Å²) < 4.78 is 50.5. The van der Waals surface area contributed by atoms with E-state index in [1.165, 1.54) is 0 Å². The van der Waals surface area contributed by atoms with Crippen molar-refractivity contribution in [1.82, 2.24) is 4.98 Å². The summed E-state index contributed by atoms with van der Waals surface area (Å²) in [5, 5.41) is 0. The van der Waals surface area contributed by atoms with Gasteiger partial charge in [0.25, 0.3) is 0 Å². The second-order valence-electron chi connectivity index (χ2n) is 3.81. The summed E-state index contributed by atoms with van der Waals surface area (Å²) in [6.07, 6.45) is -4.37. The van der Waals surface area contributed by atoms with Gasteiger partial charge in [-0.2, -0.15) is 0 Å². The number of rotatable bonds is 6. The molecular weight excluding hydrogens is 293 g/mol. The van der Waals surface area contributed by atoms with Gasteiger partial charge in [-0.25, -0.2) is 0 Å². The van der Waals surface area contributed by atoms with Gasteiger partial charge in [0.15, 0.2) is 11.5 Å². The van der Waals surface area contributed by atoms with Crippen molar-refractivity contribution in [3.05, 3.63) is 17.5 Å². The van der Waals surface area contributed by atoms with Gasteiger partial charge in [-0.1, -0.05) is 0 Å². The Hall–Kier alpha value is -2.03. The molecule has 0 radical (unpaired) electrons. The van der Waals surface area contributed by atoms with Crippen LogP contribution in [0.1, 0.15) is 18.2 Å². The van der Waals surface area contributed by atoms with Crippen LogP contribution < -0.4 is 15.2 Å². The molecule has 1 heterocycles. The molecule has 118 valence electrons. The zero-order chi connectivity index (χ0) is 16.0. The monoisotopic (exact) mass is 308 g/mol. The van der Waals surface area contributed by atoms with E-state index in [1.807, 2.05) is 0 Å². The molecule has 0 saturated heterocycles. The van der Waals surface area contributed by atoms with Gasteiger partial charge in [0, 0.05) is 12.1 Å². The summed E-state index contributed by atoms with van der Waals surface area (Å²) in [4.78, 5) is 15.3. The number of nitrogens with zero attached hydrogens (tertiary/aromatic N) is 1. The van der Waals surface area contributed by atoms with Crippen molar-refractivity contribution >= 4 is 5.97 Å². The van der Waals surface area contributed by atoms with Crippen LogP contribution in [0.4, 0.5) is 13.2 Å². The maximum absolute atomic E-state index is 12.3. The number of esters is 1. The lowest BCUT2D eigenvalue weighted by Gasteiger charge is -2.17. The first-order valence-electron chi connectivity index (χ1n) is 5.98. The molecule has 0 spiro atoms. The maximum Gasteiger partial charge on any atom is 0.573 e. The molecule has 1 aromatic rings. The van der Waals surface area contributed by atoms with E-state index in [2.05, 4.69) is 9.72 Å². The minimum Gasteiger partial charge on any atom is -0.492 e. The molecule has 0 fully saturated rings. The number of methoxy groups -OCH3 is 1. The fraction of sp³-hybridized carbons (Fsp3) is 0.500.